The maximum absolute atomic E-state index is 6.17. The number of unbranched alkanes of at least 4 members (excludes halogenated alkanes) is 1. The van der Waals surface area contributed by atoms with Crippen LogP contribution in [-0.2, 0) is 0 Å². The van der Waals surface area contributed by atoms with Crippen molar-refractivity contribution in [2.24, 2.45) is 22.4 Å². The van der Waals surface area contributed by atoms with Crippen molar-refractivity contribution in [1.29, 1.82) is 0 Å². The van der Waals surface area contributed by atoms with Crippen molar-refractivity contribution in [3.63, 3.8) is 0 Å². The Morgan fingerprint density at radius 2 is 2.11 bits per heavy atom. The fourth-order valence-corrected chi connectivity index (χ4v) is 3.28. The van der Waals surface area contributed by atoms with Crippen molar-refractivity contribution in [3.05, 3.63) is 11.6 Å². The van der Waals surface area contributed by atoms with Gasteiger partial charge in [0.15, 0.2) is 0 Å². The molecule has 1 saturated carbocycles. The standard InChI is InChI=1S/C16H31N3/c1-5-7-9-15(18)19-16(12(3)8-6-2)11-14(17)10-13(16)4/h8,13-14H,5-7,9-11,17H2,1-4H3,(H2,18,19)/b12-8-/t13-,14+,16?/m1/s1. The molecule has 0 aromatic carbocycles. The van der Waals surface area contributed by atoms with Crippen molar-refractivity contribution in [3.8, 4) is 0 Å². The van der Waals surface area contributed by atoms with Crippen LogP contribution >= 0.6 is 0 Å². The van der Waals surface area contributed by atoms with E-state index < -0.39 is 0 Å². The van der Waals surface area contributed by atoms with Gasteiger partial charge in [-0.2, -0.15) is 0 Å². The van der Waals surface area contributed by atoms with Crippen LogP contribution in [0.5, 0.6) is 0 Å². The molecule has 4 N–H and O–H groups in total. The zero-order valence-electron chi connectivity index (χ0n) is 13.1. The molecule has 1 aliphatic carbocycles. The van der Waals surface area contributed by atoms with Gasteiger partial charge in [-0.05, 0) is 44.1 Å². The van der Waals surface area contributed by atoms with Crippen molar-refractivity contribution >= 4 is 5.84 Å². The highest BCUT2D eigenvalue weighted by atomic mass is 15.0. The van der Waals surface area contributed by atoms with Gasteiger partial charge in [0.05, 0.1) is 11.4 Å². The minimum Gasteiger partial charge on any atom is -0.387 e. The van der Waals surface area contributed by atoms with Gasteiger partial charge in [-0.15, -0.1) is 0 Å². The van der Waals surface area contributed by atoms with Crippen molar-refractivity contribution in [2.75, 3.05) is 0 Å². The molecule has 1 unspecified atom stereocenters. The molecule has 0 aromatic heterocycles. The van der Waals surface area contributed by atoms with Crippen LogP contribution in [0.3, 0.4) is 0 Å². The largest absolute Gasteiger partial charge is 0.387 e. The van der Waals surface area contributed by atoms with Crippen LogP contribution in [0.15, 0.2) is 16.6 Å². The normalized spacial score (nSPS) is 32.9. The minimum absolute atomic E-state index is 0.146. The molecule has 3 atom stereocenters. The Balaban J connectivity index is 3.03. The van der Waals surface area contributed by atoms with Gasteiger partial charge in [0, 0.05) is 12.5 Å². The number of allylic oxidation sites excluding steroid dienone is 1. The molecule has 3 heteroatoms. The lowest BCUT2D eigenvalue weighted by molar-refractivity contribution is 0.397. The molecule has 0 bridgehead atoms. The summed E-state index contributed by atoms with van der Waals surface area (Å²) < 4.78 is 0. The Kier molecular flexibility index (Phi) is 6.05. The maximum atomic E-state index is 6.17. The molecule has 0 aromatic rings. The van der Waals surface area contributed by atoms with Gasteiger partial charge in [0.1, 0.15) is 0 Å². The van der Waals surface area contributed by atoms with Gasteiger partial charge < -0.3 is 11.5 Å². The first kappa shape index (κ1) is 16.2. The second-order valence-electron chi connectivity index (χ2n) is 6.03. The monoisotopic (exact) mass is 265 g/mol. The Hall–Kier alpha value is -0.830. The third-order valence-electron chi connectivity index (χ3n) is 4.37. The van der Waals surface area contributed by atoms with E-state index in [1.54, 1.807) is 0 Å². The lowest BCUT2D eigenvalue weighted by Crippen LogP contribution is -2.35. The smallest absolute Gasteiger partial charge is 0.0948 e. The van der Waals surface area contributed by atoms with Crippen LogP contribution in [0.25, 0.3) is 0 Å². The molecule has 1 aliphatic rings. The molecule has 0 saturated heterocycles. The average molecular weight is 265 g/mol. The summed E-state index contributed by atoms with van der Waals surface area (Å²) in [5, 5.41) is 0. The SMILES string of the molecule is CC/C=C(/C)C1(N=C(N)CCCC)C[C@@H](N)C[C@H]1C. The predicted molar refractivity (Wildman–Crippen MR) is 84.3 cm³/mol. The number of hydrogen-bond donors (Lipinski definition) is 2. The third-order valence-corrected chi connectivity index (χ3v) is 4.37. The van der Waals surface area contributed by atoms with Gasteiger partial charge in [0.25, 0.3) is 0 Å². The van der Waals surface area contributed by atoms with Gasteiger partial charge >= 0.3 is 0 Å². The van der Waals surface area contributed by atoms with E-state index in [0.29, 0.717) is 5.92 Å². The molecular formula is C16H31N3. The maximum Gasteiger partial charge on any atom is 0.0948 e. The van der Waals surface area contributed by atoms with Crippen LogP contribution in [0.2, 0.25) is 0 Å². The van der Waals surface area contributed by atoms with E-state index in [0.717, 1.165) is 44.4 Å². The minimum atomic E-state index is -0.146. The van der Waals surface area contributed by atoms with E-state index in [4.69, 9.17) is 16.5 Å². The van der Waals surface area contributed by atoms with Gasteiger partial charge in [-0.1, -0.05) is 33.3 Å². The molecule has 0 heterocycles. The van der Waals surface area contributed by atoms with E-state index in [1.165, 1.54) is 5.57 Å². The Morgan fingerprint density at radius 3 is 2.58 bits per heavy atom. The third kappa shape index (κ3) is 3.82. The van der Waals surface area contributed by atoms with E-state index >= 15 is 0 Å². The number of aliphatic imine (C=N–C) groups is 1. The van der Waals surface area contributed by atoms with Crippen LogP contribution in [0, 0.1) is 5.92 Å². The Morgan fingerprint density at radius 1 is 1.42 bits per heavy atom. The van der Waals surface area contributed by atoms with E-state index in [1.807, 2.05) is 0 Å². The second-order valence-corrected chi connectivity index (χ2v) is 6.03. The molecule has 0 aliphatic heterocycles. The fourth-order valence-electron chi connectivity index (χ4n) is 3.28. The number of hydrogen-bond acceptors (Lipinski definition) is 2. The number of nitrogens with zero attached hydrogens (tertiary/aromatic N) is 1. The van der Waals surface area contributed by atoms with Crippen LogP contribution in [0.1, 0.15) is 66.2 Å². The first-order valence-corrected chi connectivity index (χ1v) is 7.73. The van der Waals surface area contributed by atoms with Gasteiger partial charge in [0.2, 0.25) is 0 Å². The molecule has 110 valence electrons. The first-order chi connectivity index (χ1) is 8.96. The summed E-state index contributed by atoms with van der Waals surface area (Å²) in [6.07, 6.45) is 8.47. The quantitative estimate of drug-likeness (QED) is 0.439. The van der Waals surface area contributed by atoms with E-state index in [-0.39, 0.29) is 11.6 Å². The summed E-state index contributed by atoms with van der Waals surface area (Å²) in [6.45, 7) is 8.80. The number of nitrogens with two attached hydrogens (primary N) is 2. The fraction of sp³-hybridized carbons (Fsp3) is 0.812. The van der Waals surface area contributed by atoms with Crippen LogP contribution in [-0.4, -0.2) is 17.4 Å². The second kappa shape index (κ2) is 7.09. The topological polar surface area (TPSA) is 64.4 Å². The molecule has 1 rings (SSSR count). The lowest BCUT2D eigenvalue weighted by Gasteiger charge is -2.32. The van der Waals surface area contributed by atoms with Crippen molar-refractivity contribution in [2.45, 2.75) is 77.8 Å². The zero-order valence-corrected chi connectivity index (χ0v) is 13.1. The predicted octanol–water partition coefficient (Wildman–Crippen LogP) is 3.39. The van der Waals surface area contributed by atoms with Gasteiger partial charge in [-0.25, -0.2) is 0 Å². The summed E-state index contributed by atoms with van der Waals surface area (Å²) in [5.41, 5.74) is 13.5. The number of rotatable bonds is 6. The van der Waals surface area contributed by atoms with E-state index in [2.05, 4.69) is 33.8 Å². The summed E-state index contributed by atoms with van der Waals surface area (Å²) in [7, 11) is 0. The highest BCUT2D eigenvalue weighted by molar-refractivity contribution is 5.81. The molecule has 0 spiro atoms. The summed E-state index contributed by atoms with van der Waals surface area (Å²) in [5.74, 6) is 1.28. The molecule has 3 nitrogen and oxygen atoms in total. The lowest BCUT2D eigenvalue weighted by atomic mass is 9.81. The van der Waals surface area contributed by atoms with Crippen LogP contribution < -0.4 is 11.5 Å². The summed E-state index contributed by atoms with van der Waals surface area (Å²) >= 11 is 0. The molecule has 0 radical (unpaired) electrons. The van der Waals surface area contributed by atoms with E-state index in [9.17, 15) is 0 Å². The van der Waals surface area contributed by atoms with Crippen molar-refractivity contribution in [1.82, 2.24) is 0 Å². The van der Waals surface area contributed by atoms with Crippen LogP contribution in [0.4, 0.5) is 0 Å². The molecule has 19 heavy (non-hydrogen) atoms. The molecule has 0 amide bonds. The highest BCUT2D eigenvalue weighted by Gasteiger charge is 2.45. The Labute approximate surface area is 118 Å². The summed E-state index contributed by atoms with van der Waals surface area (Å²) in [6, 6.07) is 0.248. The van der Waals surface area contributed by atoms with Crippen molar-refractivity contribution < 1.29 is 0 Å². The molecular weight excluding hydrogens is 234 g/mol. The zero-order chi connectivity index (χ0) is 14.5. The molecule has 1 fully saturated rings. The van der Waals surface area contributed by atoms with Gasteiger partial charge in [-0.3, -0.25) is 4.99 Å². The number of amidine groups is 1. The highest BCUT2D eigenvalue weighted by Crippen LogP contribution is 2.43. The Bertz CT molecular complexity index is 346. The summed E-state index contributed by atoms with van der Waals surface area (Å²) in [4.78, 5) is 4.94. The average Bonchev–Trinajstić information content (AvgIpc) is 2.63. The first-order valence-electron chi connectivity index (χ1n) is 7.73.